The molecule has 2 N–H and O–H groups in total. The Kier molecular flexibility index (Phi) is 4.26. The third kappa shape index (κ3) is 3.64. The molecule has 25 heavy (non-hydrogen) atoms. The molecular weight excluding hydrogens is 353 g/mol. The fraction of sp³-hybridized carbons (Fsp3) is 0.118. The molecule has 1 aromatic carbocycles. The summed E-state index contributed by atoms with van der Waals surface area (Å²) >= 11 is 0. The summed E-state index contributed by atoms with van der Waals surface area (Å²) in [6.45, 7) is 0. The van der Waals surface area contributed by atoms with Gasteiger partial charge in [-0.25, -0.2) is 13.6 Å². The highest BCUT2D eigenvalue weighted by Crippen LogP contribution is 2.37. The summed E-state index contributed by atoms with van der Waals surface area (Å²) in [5.74, 6) is 0. The Morgan fingerprint density at radius 1 is 0.960 bits per heavy atom. The van der Waals surface area contributed by atoms with Crippen molar-refractivity contribution in [3.8, 4) is 0 Å². The zero-order chi connectivity index (χ0) is 18.2. The Morgan fingerprint density at radius 2 is 1.60 bits per heavy atom. The Hall–Kier alpha value is -2.45. The normalized spacial score (nSPS) is 15.0. The highest BCUT2D eigenvalue weighted by Gasteiger charge is 2.30. The molecule has 1 aliphatic carbocycles. The van der Waals surface area contributed by atoms with Gasteiger partial charge in [0, 0.05) is 11.8 Å². The van der Waals surface area contributed by atoms with E-state index in [1.165, 1.54) is 24.3 Å². The van der Waals surface area contributed by atoms with Crippen LogP contribution in [0.3, 0.4) is 0 Å². The van der Waals surface area contributed by atoms with Crippen molar-refractivity contribution in [3.05, 3.63) is 71.6 Å². The minimum absolute atomic E-state index is 0.102. The van der Waals surface area contributed by atoms with E-state index < -0.39 is 21.8 Å². The summed E-state index contributed by atoms with van der Waals surface area (Å²) in [5, 5.41) is 5.04. The lowest BCUT2D eigenvalue weighted by atomic mass is 9.97. The standard InChI is InChI=1S/C17H13F3N2O2S/c18-17(19,20)12-6-4-11(5-7-12)14-2-1-3-15(14)16-9-8-13(10-22-16)25(21,23)24/h2-10H,1H2,(H2,21,23,24). The second kappa shape index (κ2) is 6.12. The van der Waals surface area contributed by atoms with Crippen LogP contribution in [0.1, 0.15) is 23.2 Å². The predicted molar refractivity (Wildman–Crippen MR) is 87.6 cm³/mol. The van der Waals surface area contributed by atoms with E-state index in [1.807, 2.05) is 12.2 Å². The summed E-state index contributed by atoms with van der Waals surface area (Å²) in [6.07, 6.45) is 1.16. The van der Waals surface area contributed by atoms with Gasteiger partial charge < -0.3 is 0 Å². The largest absolute Gasteiger partial charge is 0.416 e. The molecule has 3 rings (SSSR count). The van der Waals surface area contributed by atoms with Crippen LogP contribution < -0.4 is 5.14 Å². The minimum atomic E-state index is -4.38. The van der Waals surface area contributed by atoms with Gasteiger partial charge in [-0.3, -0.25) is 4.98 Å². The molecule has 0 aliphatic heterocycles. The lowest BCUT2D eigenvalue weighted by molar-refractivity contribution is -0.137. The van der Waals surface area contributed by atoms with Crippen molar-refractivity contribution in [1.29, 1.82) is 0 Å². The summed E-state index contributed by atoms with van der Waals surface area (Å²) in [5.41, 5.74) is 1.94. The van der Waals surface area contributed by atoms with E-state index in [0.29, 0.717) is 17.7 Å². The average Bonchev–Trinajstić information content (AvgIpc) is 3.03. The van der Waals surface area contributed by atoms with Crippen molar-refractivity contribution in [2.24, 2.45) is 5.14 Å². The third-order valence-corrected chi connectivity index (χ3v) is 4.70. The van der Waals surface area contributed by atoms with Gasteiger partial charge in [0.25, 0.3) is 0 Å². The van der Waals surface area contributed by atoms with Crippen LogP contribution in [0.5, 0.6) is 0 Å². The zero-order valence-corrected chi connectivity index (χ0v) is 13.6. The van der Waals surface area contributed by atoms with Gasteiger partial charge in [0.2, 0.25) is 10.0 Å². The Balaban J connectivity index is 1.91. The number of alkyl halides is 3. The van der Waals surface area contributed by atoms with Crippen LogP contribution in [0.2, 0.25) is 0 Å². The highest BCUT2D eigenvalue weighted by atomic mass is 32.2. The molecule has 0 radical (unpaired) electrons. The molecule has 0 spiro atoms. The second-order valence-electron chi connectivity index (χ2n) is 5.47. The van der Waals surface area contributed by atoms with Crippen LogP contribution >= 0.6 is 0 Å². The molecule has 2 aromatic rings. The van der Waals surface area contributed by atoms with Gasteiger partial charge in [-0.05, 0) is 41.8 Å². The number of allylic oxidation sites excluding steroid dienone is 4. The Morgan fingerprint density at radius 3 is 2.12 bits per heavy atom. The Labute approximate surface area is 142 Å². The van der Waals surface area contributed by atoms with Crippen LogP contribution in [-0.4, -0.2) is 13.4 Å². The van der Waals surface area contributed by atoms with E-state index in [-0.39, 0.29) is 4.90 Å². The van der Waals surface area contributed by atoms with Gasteiger partial charge >= 0.3 is 6.18 Å². The van der Waals surface area contributed by atoms with Crippen LogP contribution in [0.15, 0.2) is 59.6 Å². The molecule has 0 bridgehead atoms. The first-order valence-corrected chi connectivity index (χ1v) is 8.78. The molecule has 4 nitrogen and oxygen atoms in total. The maximum absolute atomic E-state index is 12.7. The van der Waals surface area contributed by atoms with E-state index >= 15 is 0 Å². The molecular formula is C17H13F3N2O2S. The number of nitrogens with zero attached hydrogens (tertiary/aromatic N) is 1. The fourth-order valence-corrected chi connectivity index (χ4v) is 3.03. The van der Waals surface area contributed by atoms with Crippen molar-refractivity contribution in [1.82, 2.24) is 4.98 Å². The van der Waals surface area contributed by atoms with E-state index in [4.69, 9.17) is 5.14 Å². The third-order valence-electron chi connectivity index (χ3n) is 3.80. The van der Waals surface area contributed by atoms with Crippen LogP contribution in [0, 0.1) is 0 Å². The molecule has 130 valence electrons. The van der Waals surface area contributed by atoms with Gasteiger partial charge in [0.1, 0.15) is 4.90 Å². The van der Waals surface area contributed by atoms with Gasteiger partial charge in [-0.15, -0.1) is 0 Å². The quantitative estimate of drug-likeness (QED) is 0.902. The molecule has 1 heterocycles. The SMILES string of the molecule is NS(=O)(=O)c1ccc(C2=CCC=C2c2ccc(C(F)(F)F)cc2)nc1. The number of pyridine rings is 1. The van der Waals surface area contributed by atoms with Crippen LogP contribution in [0.25, 0.3) is 11.1 Å². The summed E-state index contributed by atoms with van der Waals surface area (Å²) in [7, 11) is -3.83. The van der Waals surface area contributed by atoms with Crippen LogP contribution in [0.4, 0.5) is 13.2 Å². The smallest absolute Gasteiger partial charge is 0.255 e. The first-order chi connectivity index (χ1) is 11.7. The summed E-state index contributed by atoms with van der Waals surface area (Å²) in [6, 6.07) is 7.75. The second-order valence-corrected chi connectivity index (χ2v) is 7.03. The lowest BCUT2D eigenvalue weighted by Crippen LogP contribution is -2.12. The highest BCUT2D eigenvalue weighted by molar-refractivity contribution is 7.89. The van der Waals surface area contributed by atoms with Crippen molar-refractivity contribution in [2.45, 2.75) is 17.5 Å². The van der Waals surface area contributed by atoms with Crippen molar-refractivity contribution >= 4 is 21.2 Å². The summed E-state index contributed by atoms with van der Waals surface area (Å²) in [4.78, 5) is 4.01. The average molecular weight is 366 g/mol. The number of hydrogen-bond donors (Lipinski definition) is 1. The fourth-order valence-electron chi connectivity index (χ4n) is 2.58. The molecule has 0 atom stereocenters. The number of benzene rings is 1. The Bertz CT molecular complexity index is 958. The first kappa shape index (κ1) is 17.4. The van der Waals surface area contributed by atoms with Gasteiger partial charge in [0.05, 0.1) is 11.3 Å². The van der Waals surface area contributed by atoms with E-state index in [2.05, 4.69) is 4.98 Å². The van der Waals surface area contributed by atoms with Gasteiger partial charge in [0.15, 0.2) is 0 Å². The van der Waals surface area contributed by atoms with E-state index in [0.717, 1.165) is 29.5 Å². The van der Waals surface area contributed by atoms with Gasteiger partial charge in [-0.2, -0.15) is 13.2 Å². The lowest BCUT2D eigenvalue weighted by Gasteiger charge is -2.11. The molecule has 0 fully saturated rings. The summed E-state index contributed by atoms with van der Waals surface area (Å²) < 4.78 is 60.6. The van der Waals surface area contributed by atoms with Gasteiger partial charge in [-0.1, -0.05) is 24.3 Å². The topological polar surface area (TPSA) is 73.1 Å². The number of nitrogens with two attached hydrogens (primary N) is 1. The number of rotatable bonds is 3. The maximum atomic E-state index is 12.7. The zero-order valence-electron chi connectivity index (χ0n) is 12.8. The van der Waals surface area contributed by atoms with Crippen molar-refractivity contribution in [3.63, 3.8) is 0 Å². The maximum Gasteiger partial charge on any atom is 0.416 e. The molecule has 0 amide bonds. The molecule has 1 aliphatic rings. The minimum Gasteiger partial charge on any atom is -0.255 e. The van der Waals surface area contributed by atoms with Crippen molar-refractivity contribution in [2.75, 3.05) is 0 Å². The molecule has 0 unspecified atom stereocenters. The molecule has 1 aromatic heterocycles. The molecule has 0 saturated heterocycles. The number of primary sulfonamides is 1. The van der Waals surface area contributed by atoms with Crippen LogP contribution in [-0.2, 0) is 16.2 Å². The number of sulfonamides is 1. The molecule has 8 heteroatoms. The predicted octanol–water partition coefficient (Wildman–Crippen LogP) is 3.62. The monoisotopic (exact) mass is 366 g/mol. The first-order valence-electron chi connectivity index (χ1n) is 7.24. The van der Waals surface area contributed by atoms with E-state index in [9.17, 15) is 21.6 Å². The van der Waals surface area contributed by atoms with Crippen molar-refractivity contribution < 1.29 is 21.6 Å². The molecule has 0 saturated carbocycles. The van der Waals surface area contributed by atoms with E-state index in [1.54, 1.807) is 0 Å². The number of aromatic nitrogens is 1. The number of hydrogen-bond acceptors (Lipinski definition) is 3. The number of halogens is 3.